The molecule has 0 saturated carbocycles. The summed E-state index contributed by atoms with van der Waals surface area (Å²) in [6.45, 7) is 5.56. The molecule has 1 rings (SSSR count). The molecule has 0 fully saturated rings. The Morgan fingerprint density at radius 2 is 2.55 bits per heavy atom. The maximum atomic E-state index is 9.88. The summed E-state index contributed by atoms with van der Waals surface area (Å²) < 4.78 is 0. The predicted octanol–water partition coefficient (Wildman–Crippen LogP) is 2.53. The minimum atomic E-state index is -0.819. The molecule has 0 spiro atoms. The summed E-state index contributed by atoms with van der Waals surface area (Å²) in [5.74, 6) is 0. The van der Waals surface area contributed by atoms with Crippen molar-refractivity contribution < 1.29 is 5.11 Å². The van der Waals surface area contributed by atoms with Gasteiger partial charge in [-0.25, -0.2) is 0 Å². The van der Waals surface area contributed by atoms with Gasteiger partial charge >= 0.3 is 0 Å². The van der Waals surface area contributed by atoms with Crippen molar-refractivity contribution in [3.8, 4) is 0 Å². The van der Waals surface area contributed by atoms with Crippen LogP contribution in [0.4, 0.5) is 0 Å². The number of aliphatic hydroxyl groups is 1. The third-order valence-electron chi connectivity index (χ3n) is 1.90. The van der Waals surface area contributed by atoms with E-state index < -0.39 is 5.60 Å². The lowest BCUT2D eigenvalue weighted by Gasteiger charge is -2.20. The molecule has 1 heterocycles. The van der Waals surface area contributed by atoms with Crippen LogP contribution < -0.4 is 0 Å². The monoisotopic (exact) mass is 168 g/mol. The van der Waals surface area contributed by atoms with Gasteiger partial charge in [-0.2, -0.15) is 11.3 Å². The molecule has 2 heteroatoms. The van der Waals surface area contributed by atoms with Crippen LogP contribution in [0.3, 0.4) is 0 Å². The van der Waals surface area contributed by atoms with Gasteiger partial charge in [0.15, 0.2) is 0 Å². The maximum absolute atomic E-state index is 9.88. The van der Waals surface area contributed by atoms with Gasteiger partial charge in [-0.05, 0) is 28.8 Å². The van der Waals surface area contributed by atoms with Gasteiger partial charge in [-0.15, -0.1) is 0 Å². The Labute approximate surface area is 71.0 Å². The highest BCUT2D eigenvalue weighted by molar-refractivity contribution is 7.08. The summed E-state index contributed by atoms with van der Waals surface area (Å²) in [5, 5.41) is 13.8. The summed E-state index contributed by atoms with van der Waals surface area (Å²) in [4.78, 5) is 0. The van der Waals surface area contributed by atoms with Crippen LogP contribution >= 0.6 is 11.3 Å². The third kappa shape index (κ3) is 1.52. The molecule has 0 aliphatic heterocycles. The molecule has 0 radical (unpaired) electrons. The average Bonchev–Trinajstić information content (AvgIpc) is 2.55. The molecule has 0 aliphatic carbocycles. The summed E-state index contributed by atoms with van der Waals surface area (Å²) in [5.41, 5.74) is 0.125. The van der Waals surface area contributed by atoms with Crippen molar-refractivity contribution in [2.45, 2.75) is 18.9 Å². The Bertz CT molecular complexity index is 228. The van der Waals surface area contributed by atoms with Crippen molar-refractivity contribution in [1.82, 2.24) is 0 Å². The Kier molecular flexibility index (Phi) is 2.47. The Morgan fingerprint density at radius 3 is 2.91 bits per heavy atom. The summed E-state index contributed by atoms with van der Waals surface area (Å²) in [6.07, 6.45) is 2.27. The molecule has 1 unspecified atom stereocenters. The summed E-state index contributed by atoms with van der Waals surface area (Å²) in [6, 6.07) is 1.93. The SMILES string of the molecule is C=CC(O)(CC)c1ccsc1. The lowest BCUT2D eigenvalue weighted by molar-refractivity contribution is 0.0861. The van der Waals surface area contributed by atoms with Gasteiger partial charge in [0.2, 0.25) is 0 Å². The molecule has 1 nitrogen and oxygen atoms in total. The van der Waals surface area contributed by atoms with Crippen molar-refractivity contribution in [3.63, 3.8) is 0 Å². The largest absolute Gasteiger partial charge is 0.381 e. The molecule has 0 aromatic carbocycles. The van der Waals surface area contributed by atoms with Crippen LogP contribution in [0.15, 0.2) is 29.5 Å². The second kappa shape index (κ2) is 3.20. The lowest BCUT2D eigenvalue weighted by atomic mass is 9.94. The first kappa shape index (κ1) is 8.50. The molecular weight excluding hydrogens is 156 g/mol. The molecule has 0 amide bonds. The van der Waals surface area contributed by atoms with Crippen LogP contribution in [0.5, 0.6) is 0 Å². The van der Waals surface area contributed by atoms with E-state index in [1.807, 2.05) is 23.8 Å². The molecule has 11 heavy (non-hydrogen) atoms. The van der Waals surface area contributed by atoms with Gasteiger partial charge in [-0.1, -0.05) is 19.6 Å². The fourth-order valence-electron chi connectivity index (χ4n) is 0.977. The Balaban J connectivity index is 2.96. The van der Waals surface area contributed by atoms with Crippen LogP contribution in [0.1, 0.15) is 18.9 Å². The van der Waals surface area contributed by atoms with Crippen molar-refractivity contribution >= 4 is 11.3 Å². The molecule has 0 aliphatic rings. The van der Waals surface area contributed by atoms with E-state index in [0.29, 0.717) is 6.42 Å². The minimum Gasteiger partial charge on any atom is -0.381 e. The van der Waals surface area contributed by atoms with Gasteiger partial charge < -0.3 is 5.11 Å². The van der Waals surface area contributed by atoms with Crippen molar-refractivity contribution in [2.75, 3.05) is 0 Å². The van der Waals surface area contributed by atoms with E-state index in [1.165, 1.54) is 0 Å². The van der Waals surface area contributed by atoms with E-state index in [2.05, 4.69) is 6.58 Å². The number of hydrogen-bond donors (Lipinski definition) is 1. The molecule has 1 atom stereocenters. The van der Waals surface area contributed by atoms with Crippen LogP contribution in [0, 0.1) is 0 Å². The molecule has 1 aromatic heterocycles. The number of hydrogen-bond acceptors (Lipinski definition) is 2. The molecule has 1 N–H and O–H groups in total. The predicted molar refractivity (Wildman–Crippen MR) is 48.7 cm³/mol. The zero-order valence-electron chi connectivity index (χ0n) is 6.58. The van der Waals surface area contributed by atoms with Crippen molar-refractivity contribution in [1.29, 1.82) is 0 Å². The molecule has 0 bridgehead atoms. The van der Waals surface area contributed by atoms with E-state index in [0.717, 1.165) is 5.56 Å². The smallest absolute Gasteiger partial charge is 0.108 e. The summed E-state index contributed by atoms with van der Waals surface area (Å²) >= 11 is 1.59. The topological polar surface area (TPSA) is 20.2 Å². The first-order valence-corrected chi connectivity index (χ1v) is 4.56. The Morgan fingerprint density at radius 1 is 1.82 bits per heavy atom. The number of thiophene rings is 1. The molecule has 1 aromatic rings. The Hall–Kier alpha value is -0.600. The van der Waals surface area contributed by atoms with Crippen LogP contribution in [-0.4, -0.2) is 5.11 Å². The molecular formula is C9H12OS. The highest BCUT2D eigenvalue weighted by Gasteiger charge is 2.22. The van der Waals surface area contributed by atoms with Crippen LogP contribution in [-0.2, 0) is 5.60 Å². The highest BCUT2D eigenvalue weighted by Crippen LogP contribution is 2.27. The first-order valence-electron chi connectivity index (χ1n) is 3.61. The van der Waals surface area contributed by atoms with E-state index >= 15 is 0 Å². The van der Waals surface area contributed by atoms with Gasteiger partial charge in [0.25, 0.3) is 0 Å². The fourth-order valence-corrected chi connectivity index (χ4v) is 1.71. The second-order valence-electron chi connectivity index (χ2n) is 2.49. The molecule has 0 saturated heterocycles. The van der Waals surface area contributed by atoms with E-state index in [4.69, 9.17) is 0 Å². The van der Waals surface area contributed by atoms with Crippen LogP contribution in [0.2, 0.25) is 0 Å². The van der Waals surface area contributed by atoms with E-state index in [1.54, 1.807) is 17.4 Å². The van der Waals surface area contributed by atoms with Gasteiger partial charge in [0.05, 0.1) is 0 Å². The summed E-state index contributed by atoms with van der Waals surface area (Å²) in [7, 11) is 0. The zero-order valence-corrected chi connectivity index (χ0v) is 7.40. The molecule has 60 valence electrons. The lowest BCUT2D eigenvalue weighted by Crippen LogP contribution is -2.19. The first-order chi connectivity index (χ1) is 5.23. The zero-order chi connectivity index (χ0) is 8.32. The standard InChI is InChI=1S/C9H12OS/c1-3-9(10,4-2)8-5-6-11-7-8/h3,5-7,10H,1,4H2,2H3. The average molecular weight is 168 g/mol. The van der Waals surface area contributed by atoms with Gasteiger partial charge in [0, 0.05) is 0 Å². The minimum absolute atomic E-state index is 0.674. The van der Waals surface area contributed by atoms with Crippen molar-refractivity contribution in [3.05, 3.63) is 35.0 Å². The van der Waals surface area contributed by atoms with E-state index in [9.17, 15) is 5.11 Å². The normalized spacial score (nSPS) is 15.8. The van der Waals surface area contributed by atoms with Crippen molar-refractivity contribution in [2.24, 2.45) is 0 Å². The quantitative estimate of drug-likeness (QED) is 0.688. The third-order valence-corrected chi connectivity index (χ3v) is 2.58. The fraction of sp³-hybridized carbons (Fsp3) is 0.333. The van der Waals surface area contributed by atoms with Gasteiger partial charge in [0.1, 0.15) is 5.60 Å². The van der Waals surface area contributed by atoms with E-state index in [-0.39, 0.29) is 0 Å². The van der Waals surface area contributed by atoms with Crippen LogP contribution in [0.25, 0.3) is 0 Å². The highest BCUT2D eigenvalue weighted by atomic mass is 32.1. The second-order valence-corrected chi connectivity index (χ2v) is 3.27. The maximum Gasteiger partial charge on any atom is 0.108 e. The van der Waals surface area contributed by atoms with Gasteiger partial charge in [-0.3, -0.25) is 0 Å². The number of rotatable bonds is 3.